The highest BCUT2D eigenvalue weighted by molar-refractivity contribution is 5.93. The minimum atomic E-state index is -0.931. The monoisotopic (exact) mass is 277 g/mol. The number of hydrogen-bond donors (Lipinski definition) is 2. The molecule has 2 N–H and O–H groups in total. The van der Waals surface area contributed by atoms with Crippen LogP contribution in [0.4, 0.5) is 5.69 Å². The molecule has 0 aliphatic carbocycles. The maximum atomic E-state index is 11.1. The standard InChI is InChI=1S/C15H23N3O2/c1-11-9-14(13(10-17-11)15(19)20)16-6-3-12-4-7-18(2)8-5-12/h9-10,12H,3-8H2,1-2H3,(H,16,17)(H,19,20). The Bertz CT molecular complexity index is 468. The first-order valence-electron chi connectivity index (χ1n) is 7.18. The van der Waals surface area contributed by atoms with Crippen molar-refractivity contribution in [2.75, 3.05) is 32.0 Å². The number of aryl methyl sites for hydroxylation is 1. The summed E-state index contributed by atoms with van der Waals surface area (Å²) in [5.41, 5.74) is 1.76. The number of piperidine rings is 1. The molecule has 0 spiro atoms. The van der Waals surface area contributed by atoms with Gasteiger partial charge in [-0.25, -0.2) is 4.79 Å². The molecule has 110 valence electrons. The van der Waals surface area contributed by atoms with Gasteiger partial charge in [0.25, 0.3) is 0 Å². The fourth-order valence-corrected chi connectivity index (χ4v) is 2.64. The summed E-state index contributed by atoms with van der Waals surface area (Å²) in [5, 5.41) is 12.4. The lowest BCUT2D eigenvalue weighted by Gasteiger charge is -2.29. The quantitative estimate of drug-likeness (QED) is 0.864. The number of aromatic nitrogens is 1. The Labute approximate surface area is 120 Å². The van der Waals surface area contributed by atoms with Gasteiger partial charge in [-0.3, -0.25) is 4.98 Å². The molecular formula is C15H23N3O2. The predicted molar refractivity (Wildman–Crippen MR) is 79.3 cm³/mol. The van der Waals surface area contributed by atoms with E-state index >= 15 is 0 Å². The molecule has 0 aromatic carbocycles. The second-order valence-corrected chi connectivity index (χ2v) is 5.64. The molecule has 1 saturated heterocycles. The molecule has 0 amide bonds. The number of nitrogens with one attached hydrogen (secondary N) is 1. The molecule has 1 aliphatic rings. The number of carbonyl (C=O) groups is 1. The van der Waals surface area contributed by atoms with Crippen molar-refractivity contribution in [1.29, 1.82) is 0 Å². The third-order valence-corrected chi connectivity index (χ3v) is 3.98. The van der Waals surface area contributed by atoms with E-state index in [4.69, 9.17) is 5.11 Å². The van der Waals surface area contributed by atoms with Crippen LogP contribution in [0.15, 0.2) is 12.3 Å². The van der Waals surface area contributed by atoms with E-state index in [0.717, 1.165) is 24.6 Å². The molecule has 2 heterocycles. The number of aromatic carboxylic acids is 1. The van der Waals surface area contributed by atoms with Crippen LogP contribution in [0.1, 0.15) is 35.3 Å². The zero-order valence-electron chi connectivity index (χ0n) is 12.2. The van der Waals surface area contributed by atoms with Crippen LogP contribution in [0.3, 0.4) is 0 Å². The molecular weight excluding hydrogens is 254 g/mol. The number of nitrogens with zero attached hydrogens (tertiary/aromatic N) is 2. The summed E-state index contributed by atoms with van der Waals surface area (Å²) in [6.45, 7) is 5.02. The lowest BCUT2D eigenvalue weighted by molar-refractivity contribution is 0.0697. The van der Waals surface area contributed by atoms with Gasteiger partial charge in [0.15, 0.2) is 0 Å². The molecule has 0 radical (unpaired) electrons. The Kier molecular flexibility index (Phi) is 4.95. The van der Waals surface area contributed by atoms with Crippen LogP contribution in [0.5, 0.6) is 0 Å². The number of hydrogen-bond acceptors (Lipinski definition) is 4. The van der Waals surface area contributed by atoms with E-state index in [-0.39, 0.29) is 5.56 Å². The predicted octanol–water partition coefficient (Wildman–Crippen LogP) is 2.23. The second kappa shape index (κ2) is 6.70. The third kappa shape index (κ3) is 3.93. The first-order valence-corrected chi connectivity index (χ1v) is 7.18. The lowest BCUT2D eigenvalue weighted by Crippen LogP contribution is -2.30. The van der Waals surface area contributed by atoms with Crippen molar-refractivity contribution in [3.05, 3.63) is 23.5 Å². The number of likely N-dealkylation sites (tertiary alicyclic amines) is 1. The van der Waals surface area contributed by atoms with Crippen molar-refractivity contribution >= 4 is 11.7 Å². The van der Waals surface area contributed by atoms with E-state index in [1.165, 1.54) is 32.1 Å². The first kappa shape index (κ1) is 14.8. The van der Waals surface area contributed by atoms with Crippen LogP contribution in [-0.4, -0.2) is 47.6 Å². The number of anilines is 1. The van der Waals surface area contributed by atoms with Crippen LogP contribution in [0.25, 0.3) is 0 Å². The minimum Gasteiger partial charge on any atom is -0.478 e. The molecule has 1 aliphatic heterocycles. The van der Waals surface area contributed by atoms with E-state index in [9.17, 15) is 4.79 Å². The molecule has 1 aromatic heterocycles. The summed E-state index contributed by atoms with van der Waals surface area (Å²) in [5.74, 6) is -0.186. The maximum Gasteiger partial charge on any atom is 0.339 e. The van der Waals surface area contributed by atoms with Crippen LogP contribution >= 0.6 is 0 Å². The van der Waals surface area contributed by atoms with Crippen LogP contribution in [-0.2, 0) is 0 Å². The van der Waals surface area contributed by atoms with E-state index in [1.807, 2.05) is 6.92 Å². The van der Waals surface area contributed by atoms with Crippen molar-refractivity contribution in [1.82, 2.24) is 9.88 Å². The Hall–Kier alpha value is -1.62. The van der Waals surface area contributed by atoms with E-state index in [1.54, 1.807) is 6.07 Å². The minimum absolute atomic E-state index is 0.249. The molecule has 5 nitrogen and oxygen atoms in total. The van der Waals surface area contributed by atoms with Gasteiger partial charge in [0, 0.05) is 18.4 Å². The van der Waals surface area contributed by atoms with Gasteiger partial charge in [0.05, 0.1) is 5.69 Å². The van der Waals surface area contributed by atoms with Crippen molar-refractivity contribution in [3.8, 4) is 0 Å². The van der Waals surface area contributed by atoms with Gasteiger partial charge in [-0.1, -0.05) is 0 Å². The molecule has 1 fully saturated rings. The van der Waals surface area contributed by atoms with Crippen molar-refractivity contribution in [2.24, 2.45) is 5.92 Å². The van der Waals surface area contributed by atoms with Gasteiger partial charge in [-0.15, -0.1) is 0 Å². The Morgan fingerprint density at radius 1 is 1.50 bits per heavy atom. The van der Waals surface area contributed by atoms with Gasteiger partial charge in [-0.2, -0.15) is 0 Å². The number of pyridine rings is 1. The summed E-state index contributed by atoms with van der Waals surface area (Å²) >= 11 is 0. The highest BCUT2D eigenvalue weighted by atomic mass is 16.4. The zero-order valence-corrected chi connectivity index (χ0v) is 12.2. The van der Waals surface area contributed by atoms with Crippen molar-refractivity contribution < 1.29 is 9.90 Å². The molecule has 0 saturated carbocycles. The van der Waals surface area contributed by atoms with Gasteiger partial charge < -0.3 is 15.3 Å². The van der Waals surface area contributed by atoms with Gasteiger partial charge in [0.1, 0.15) is 5.56 Å². The number of carboxylic acid groups (broad SMARTS) is 1. The van der Waals surface area contributed by atoms with E-state index in [2.05, 4.69) is 22.2 Å². The van der Waals surface area contributed by atoms with Gasteiger partial charge >= 0.3 is 5.97 Å². The van der Waals surface area contributed by atoms with Crippen LogP contribution < -0.4 is 5.32 Å². The second-order valence-electron chi connectivity index (χ2n) is 5.64. The number of rotatable bonds is 5. The molecule has 5 heteroatoms. The molecule has 0 unspecified atom stereocenters. The highest BCUT2D eigenvalue weighted by Crippen LogP contribution is 2.21. The largest absolute Gasteiger partial charge is 0.478 e. The molecule has 2 rings (SSSR count). The zero-order chi connectivity index (χ0) is 14.5. The SMILES string of the molecule is Cc1cc(NCCC2CCN(C)CC2)c(C(=O)O)cn1. The van der Waals surface area contributed by atoms with Gasteiger partial charge in [0.2, 0.25) is 0 Å². The first-order chi connectivity index (χ1) is 9.56. The lowest BCUT2D eigenvalue weighted by atomic mass is 9.94. The Balaban J connectivity index is 1.87. The summed E-state index contributed by atoms with van der Waals surface area (Å²) in [6, 6.07) is 1.80. The summed E-state index contributed by atoms with van der Waals surface area (Å²) in [6.07, 6.45) is 4.99. The van der Waals surface area contributed by atoms with Crippen molar-refractivity contribution in [2.45, 2.75) is 26.2 Å². The third-order valence-electron chi connectivity index (χ3n) is 3.98. The van der Waals surface area contributed by atoms with Crippen molar-refractivity contribution in [3.63, 3.8) is 0 Å². The summed E-state index contributed by atoms with van der Waals surface area (Å²) < 4.78 is 0. The maximum absolute atomic E-state index is 11.1. The molecule has 1 aromatic rings. The Morgan fingerprint density at radius 2 is 2.20 bits per heavy atom. The van der Waals surface area contributed by atoms with Crippen LogP contribution in [0, 0.1) is 12.8 Å². The normalized spacial score (nSPS) is 17.1. The van der Waals surface area contributed by atoms with Gasteiger partial charge in [-0.05, 0) is 58.3 Å². The summed E-state index contributed by atoms with van der Waals surface area (Å²) in [4.78, 5) is 17.5. The fourth-order valence-electron chi connectivity index (χ4n) is 2.64. The fraction of sp³-hybridized carbons (Fsp3) is 0.600. The smallest absolute Gasteiger partial charge is 0.339 e. The average Bonchev–Trinajstić information content (AvgIpc) is 2.41. The summed E-state index contributed by atoms with van der Waals surface area (Å²) in [7, 11) is 2.16. The van der Waals surface area contributed by atoms with E-state index in [0.29, 0.717) is 5.69 Å². The van der Waals surface area contributed by atoms with Crippen LogP contribution in [0.2, 0.25) is 0 Å². The Morgan fingerprint density at radius 3 is 2.85 bits per heavy atom. The molecule has 20 heavy (non-hydrogen) atoms. The van der Waals surface area contributed by atoms with E-state index < -0.39 is 5.97 Å². The topological polar surface area (TPSA) is 65.5 Å². The molecule has 0 atom stereocenters. The number of carboxylic acids is 1. The average molecular weight is 277 g/mol. The molecule has 0 bridgehead atoms. The highest BCUT2D eigenvalue weighted by Gasteiger charge is 2.16.